The van der Waals surface area contributed by atoms with Crippen molar-refractivity contribution in [1.82, 2.24) is 5.32 Å². The van der Waals surface area contributed by atoms with Gasteiger partial charge in [-0.25, -0.2) is 4.79 Å². The van der Waals surface area contributed by atoms with Crippen molar-refractivity contribution in [3.63, 3.8) is 0 Å². The van der Waals surface area contributed by atoms with Crippen molar-refractivity contribution in [2.45, 2.75) is 77.3 Å². The van der Waals surface area contributed by atoms with Crippen LogP contribution >= 0.6 is 0 Å². The monoisotopic (exact) mass is 417 g/mol. The largest absolute Gasteiger partial charge is 0.507 e. The zero-order valence-electron chi connectivity index (χ0n) is 17.8. The molecule has 1 aromatic carbocycles. The van der Waals surface area contributed by atoms with E-state index in [1.807, 2.05) is 20.8 Å². The zero-order valence-corrected chi connectivity index (χ0v) is 17.8. The third kappa shape index (κ3) is 5.61. The SMILES string of the molecule is CC(C)(C)C(=O)NC=CCC1C[C@H]2C[C@H](O)CC(Cc3cccc(O)c3C(=O)O1)O2. The molecule has 3 N–H and O–H groups in total. The highest BCUT2D eigenvalue weighted by Crippen LogP contribution is 2.32. The van der Waals surface area contributed by atoms with Gasteiger partial charge in [0.15, 0.2) is 0 Å². The molecule has 0 aliphatic carbocycles. The zero-order chi connectivity index (χ0) is 21.9. The molecule has 0 aromatic heterocycles. The maximum atomic E-state index is 12.8. The molecule has 2 bridgehead atoms. The minimum Gasteiger partial charge on any atom is -0.507 e. The van der Waals surface area contributed by atoms with E-state index < -0.39 is 23.6 Å². The van der Waals surface area contributed by atoms with Crippen LogP contribution < -0.4 is 5.32 Å². The van der Waals surface area contributed by atoms with Crippen molar-refractivity contribution in [3.05, 3.63) is 41.6 Å². The van der Waals surface area contributed by atoms with Gasteiger partial charge in [0.1, 0.15) is 17.4 Å². The summed E-state index contributed by atoms with van der Waals surface area (Å²) in [5, 5.41) is 23.3. The van der Waals surface area contributed by atoms with E-state index in [0.717, 1.165) is 0 Å². The van der Waals surface area contributed by atoms with E-state index >= 15 is 0 Å². The van der Waals surface area contributed by atoms with Crippen molar-refractivity contribution < 1.29 is 29.3 Å². The van der Waals surface area contributed by atoms with Gasteiger partial charge in [0, 0.05) is 18.3 Å². The van der Waals surface area contributed by atoms with E-state index in [0.29, 0.717) is 37.7 Å². The van der Waals surface area contributed by atoms with Gasteiger partial charge < -0.3 is 25.0 Å². The Bertz CT molecular complexity index is 812. The van der Waals surface area contributed by atoms with Crippen molar-refractivity contribution in [1.29, 1.82) is 0 Å². The van der Waals surface area contributed by atoms with Gasteiger partial charge in [0.05, 0.1) is 18.3 Å². The van der Waals surface area contributed by atoms with Crippen LogP contribution in [0.2, 0.25) is 0 Å². The summed E-state index contributed by atoms with van der Waals surface area (Å²) in [6, 6.07) is 4.92. The number of cyclic esters (lactones) is 1. The molecule has 2 heterocycles. The lowest BCUT2D eigenvalue weighted by molar-refractivity contribution is -0.127. The summed E-state index contributed by atoms with van der Waals surface area (Å²) in [5.74, 6) is -0.805. The molecule has 0 spiro atoms. The van der Waals surface area contributed by atoms with Crippen LogP contribution in [0.4, 0.5) is 0 Å². The summed E-state index contributed by atoms with van der Waals surface area (Å²) < 4.78 is 11.9. The van der Waals surface area contributed by atoms with E-state index in [1.165, 1.54) is 6.07 Å². The Balaban J connectivity index is 1.78. The molecule has 0 radical (unpaired) electrons. The number of nitrogens with one attached hydrogen (secondary N) is 1. The van der Waals surface area contributed by atoms with Crippen LogP contribution in [0.1, 0.15) is 62.4 Å². The van der Waals surface area contributed by atoms with Crippen LogP contribution in [0.15, 0.2) is 30.5 Å². The molecule has 3 rings (SSSR count). The number of hydrogen-bond acceptors (Lipinski definition) is 6. The third-order valence-corrected chi connectivity index (χ3v) is 5.45. The highest BCUT2D eigenvalue weighted by atomic mass is 16.5. The van der Waals surface area contributed by atoms with E-state index in [9.17, 15) is 19.8 Å². The first-order valence-corrected chi connectivity index (χ1v) is 10.4. The van der Waals surface area contributed by atoms with Gasteiger partial charge in [0.25, 0.3) is 0 Å². The molecule has 0 saturated carbocycles. The first-order chi connectivity index (χ1) is 14.1. The average Bonchev–Trinajstić information content (AvgIpc) is 2.63. The molecular weight excluding hydrogens is 386 g/mol. The minimum absolute atomic E-state index is 0.109. The van der Waals surface area contributed by atoms with Crippen LogP contribution in [-0.4, -0.2) is 46.5 Å². The number of phenols is 1. The number of benzene rings is 1. The molecule has 30 heavy (non-hydrogen) atoms. The Hall–Kier alpha value is -2.38. The van der Waals surface area contributed by atoms with Gasteiger partial charge in [-0.1, -0.05) is 39.0 Å². The van der Waals surface area contributed by atoms with Gasteiger partial charge in [-0.3, -0.25) is 4.79 Å². The second-order valence-corrected chi connectivity index (χ2v) is 9.15. The lowest BCUT2D eigenvalue weighted by atomic mass is 9.91. The number of esters is 1. The lowest BCUT2D eigenvalue weighted by Gasteiger charge is -2.36. The van der Waals surface area contributed by atoms with Crippen LogP contribution in [0, 0.1) is 5.41 Å². The Morgan fingerprint density at radius 3 is 2.70 bits per heavy atom. The summed E-state index contributed by atoms with van der Waals surface area (Å²) in [6.45, 7) is 5.47. The second kappa shape index (κ2) is 9.18. The van der Waals surface area contributed by atoms with Crippen molar-refractivity contribution in [2.75, 3.05) is 0 Å². The molecule has 1 fully saturated rings. The van der Waals surface area contributed by atoms with Gasteiger partial charge in [-0.15, -0.1) is 0 Å². The predicted octanol–water partition coefficient (Wildman–Crippen LogP) is 2.84. The normalized spacial score (nSPS) is 27.3. The van der Waals surface area contributed by atoms with Crippen LogP contribution in [-0.2, 0) is 20.7 Å². The number of carbonyl (C=O) groups excluding carboxylic acids is 2. The second-order valence-electron chi connectivity index (χ2n) is 9.15. The molecule has 4 atom stereocenters. The molecule has 7 heteroatoms. The van der Waals surface area contributed by atoms with Crippen LogP contribution in [0.3, 0.4) is 0 Å². The fraction of sp³-hybridized carbons (Fsp3) is 0.565. The van der Waals surface area contributed by atoms with E-state index in [-0.39, 0.29) is 29.4 Å². The van der Waals surface area contributed by atoms with Crippen LogP contribution in [0.5, 0.6) is 5.75 Å². The van der Waals surface area contributed by atoms with Crippen molar-refractivity contribution in [2.24, 2.45) is 5.41 Å². The number of fused-ring (bicyclic) bond motifs is 3. The summed E-state index contributed by atoms with van der Waals surface area (Å²) >= 11 is 0. The summed E-state index contributed by atoms with van der Waals surface area (Å²) in [6.07, 6.45) is 4.07. The van der Waals surface area contributed by atoms with Crippen molar-refractivity contribution >= 4 is 11.9 Å². The van der Waals surface area contributed by atoms with E-state index in [4.69, 9.17) is 9.47 Å². The number of aliphatic hydroxyl groups excluding tert-OH is 1. The summed E-state index contributed by atoms with van der Waals surface area (Å²) in [7, 11) is 0. The molecule has 1 amide bonds. The number of aromatic hydroxyl groups is 1. The molecule has 164 valence electrons. The number of carbonyl (C=O) groups is 2. The standard InChI is InChI=1S/C23H31NO6/c1-23(2,3)22(28)24-9-5-7-16-13-18-12-15(25)11-17(29-18)10-14-6-4-8-19(26)20(14)21(27)30-16/h4-6,8-9,15-18,25-26H,7,10-13H2,1-3H3,(H,24,28)/t15-,16?,17?,18-/m1/s1. The summed E-state index contributed by atoms with van der Waals surface area (Å²) in [4.78, 5) is 24.8. The van der Waals surface area contributed by atoms with E-state index in [2.05, 4.69) is 5.32 Å². The number of aliphatic hydroxyl groups is 1. The highest BCUT2D eigenvalue weighted by Gasteiger charge is 2.34. The Kier molecular flexibility index (Phi) is 6.83. The predicted molar refractivity (Wildman–Crippen MR) is 111 cm³/mol. The number of ether oxygens (including phenoxy) is 2. The maximum Gasteiger partial charge on any atom is 0.342 e. The number of hydrogen-bond donors (Lipinski definition) is 3. The third-order valence-electron chi connectivity index (χ3n) is 5.45. The molecular formula is C23H31NO6. The molecule has 1 saturated heterocycles. The highest BCUT2D eigenvalue weighted by molar-refractivity contribution is 5.94. The Morgan fingerprint density at radius 1 is 1.23 bits per heavy atom. The smallest absolute Gasteiger partial charge is 0.342 e. The average molecular weight is 418 g/mol. The molecule has 2 unspecified atom stereocenters. The van der Waals surface area contributed by atoms with Gasteiger partial charge in [-0.2, -0.15) is 0 Å². The molecule has 7 nitrogen and oxygen atoms in total. The quantitative estimate of drug-likeness (QED) is 0.653. The van der Waals surface area contributed by atoms with Gasteiger partial charge in [0.2, 0.25) is 5.91 Å². The van der Waals surface area contributed by atoms with Crippen LogP contribution in [0.25, 0.3) is 0 Å². The molecule has 1 aromatic rings. The van der Waals surface area contributed by atoms with Gasteiger partial charge in [-0.05, 0) is 37.1 Å². The molecule has 2 aliphatic rings. The van der Waals surface area contributed by atoms with Crippen molar-refractivity contribution in [3.8, 4) is 5.75 Å². The summed E-state index contributed by atoms with van der Waals surface area (Å²) in [5.41, 5.74) is 0.288. The lowest BCUT2D eigenvalue weighted by Crippen LogP contribution is -2.40. The molecule has 2 aliphatic heterocycles. The minimum atomic E-state index is -0.569. The number of rotatable bonds is 3. The number of phenolic OH excluding ortho intramolecular Hbond substituents is 1. The number of amides is 1. The van der Waals surface area contributed by atoms with Gasteiger partial charge >= 0.3 is 5.97 Å². The first-order valence-electron chi connectivity index (χ1n) is 10.4. The fourth-order valence-corrected chi connectivity index (χ4v) is 3.87. The topological polar surface area (TPSA) is 105 Å². The Labute approximate surface area is 177 Å². The maximum absolute atomic E-state index is 12.8. The fourth-order valence-electron chi connectivity index (χ4n) is 3.87. The first kappa shape index (κ1) is 22.3. The van der Waals surface area contributed by atoms with E-state index in [1.54, 1.807) is 24.4 Å². The Morgan fingerprint density at radius 2 is 1.97 bits per heavy atom.